The standard InChI is InChI=1S/C19H24N2OS/c1-15-9-10-18(22-3)17(13-15)14-21(2)19(23)20-12-11-16-7-5-4-6-8-16/h4-10,13H,11-12,14H2,1-3H3,(H,20,23). The van der Waals surface area contributed by atoms with Gasteiger partial charge in [0.15, 0.2) is 5.11 Å². The highest BCUT2D eigenvalue weighted by atomic mass is 32.1. The van der Waals surface area contributed by atoms with E-state index in [4.69, 9.17) is 17.0 Å². The molecule has 0 fully saturated rings. The first-order chi connectivity index (χ1) is 11.1. The molecule has 0 aromatic heterocycles. The number of nitrogens with one attached hydrogen (secondary N) is 1. The molecule has 1 N–H and O–H groups in total. The molecule has 4 heteroatoms. The Balaban J connectivity index is 1.86. The van der Waals surface area contributed by atoms with E-state index in [0.29, 0.717) is 0 Å². The van der Waals surface area contributed by atoms with Gasteiger partial charge in [-0.2, -0.15) is 0 Å². The van der Waals surface area contributed by atoms with Crippen LogP contribution in [0, 0.1) is 6.92 Å². The van der Waals surface area contributed by atoms with Crippen LogP contribution in [0.4, 0.5) is 0 Å². The molecule has 2 aromatic rings. The van der Waals surface area contributed by atoms with Gasteiger partial charge in [0.25, 0.3) is 0 Å². The molecule has 0 aliphatic rings. The lowest BCUT2D eigenvalue weighted by molar-refractivity contribution is 0.397. The minimum atomic E-state index is 0.724. The van der Waals surface area contributed by atoms with Crippen LogP contribution in [0.5, 0.6) is 5.75 Å². The molecule has 0 atom stereocenters. The molecular weight excluding hydrogens is 304 g/mol. The summed E-state index contributed by atoms with van der Waals surface area (Å²) in [5.41, 5.74) is 3.67. The second kappa shape index (κ2) is 8.53. The zero-order valence-corrected chi connectivity index (χ0v) is 14.8. The van der Waals surface area contributed by atoms with E-state index in [1.165, 1.54) is 11.1 Å². The molecule has 2 aromatic carbocycles. The maximum atomic E-state index is 5.48. The van der Waals surface area contributed by atoms with Crippen molar-refractivity contribution in [3.05, 3.63) is 65.2 Å². The second-order valence-electron chi connectivity index (χ2n) is 5.64. The zero-order chi connectivity index (χ0) is 16.7. The molecule has 23 heavy (non-hydrogen) atoms. The Bertz CT molecular complexity index is 643. The highest BCUT2D eigenvalue weighted by molar-refractivity contribution is 7.80. The lowest BCUT2D eigenvalue weighted by atomic mass is 10.1. The molecular formula is C19H24N2OS. The lowest BCUT2D eigenvalue weighted by Gasteiger charge is -2.22. The van der Waals surface area contributed by atoms with Gasteiger partial charge >= 0.3 is 0 Å². The van der Waals surface area contributed by atoms with Gasteiger partial charge in [-0.25, -0.2) is 0 Å². The van der Waals surface area contributed by atoms with Crippen LogP contribution in [0.3, 0.4) is 0 Å². The highest BCUT2D eigenvalue weighted by Gasteiger charge is 2.09. The van der Waals surface area contributed by atoms with E-state index in [9.17, 15) is 0 Å². The Labute approximate surface area is 144 Å². The number of thiocarbonyl (C=S) groups is 1. The van der Waals surface area contributed by atoms with Crippen molar-refractivity contribution in [1.29, 1.82) is 0 Å². The molecule has 2 rings (SSSR count). The fraction of sp³-hybridized carbons (Fsp3) is 0.316. The lowest BCUT2D eigenvalue weighted by Crippen LogP contribution is -2.37. The maximum absolute atomic E-state index is 5.48. The van der Waals surface area contributed by atoms with Crippen molar-refractivity contribution >= 4 is 17.3 Å². The van der Waals surface area contributed by atoms with Gasteiger partial charge in [0.2, 0.25) is 0 Å². The summed E-state index contributed by atoms with van der Waals surface area (Å²) in [7, 11) is 3.70. The van der Waals surface area contributed by atoms with Gasteiger partial charge in [0, 0.05) is 25.7 Å². The van der Waals surface area contributed by atoms with Crippen LogP contribution in [0.25, 0.3) is 0 Å². The van der Waals surface area contributed by atoms with Crippen LogP contribution in [0.2, 0.25) is 0 Å². The molecule has 0 amide bonds. The molecule has 0 saturated heterocycles. The Hall–Kier alpha value is -2.07. The van der Waals surface area contributed by atoms with E-state index >= 15 is 0 Å². The molecule has 0 aliphatic carbocycles. The van der Waals surface area contributed by atoms with Gasteiger partial charge in [0.1, 0.15) is 5.75 Å². The Morgan fingerprint density at radius 1 is 1.17 bits per heavy atom. The van der Waals surface area contributed by atoms with Gasteiger partial charge in [-0.3, -0.25) is 0 Å². The van der Waals surface area contributed by atoms with Gasteiger partial charge in [-0.15, -0.1) is 0 Å². The van der Waals surface area contributed by atoms with Crippen molar-refractivity contribution < 1.29 is 4.74 Å². The number of rotatable bonds is 6. The number of aryl methyl sites for hydroxylation is 1. The number of hydrogen-bond donors (Lipinski definition) is 1. The van der Waals surface area contributed by atoms with Crippen LogP contribution < -0.4 is 10.1 Å². The number of nitrogens with zero attached hydrogens (tertiary/aromatic N) is 1. The third kappa shape index (κ3) is 5.25. The van der Waals surface area contributed by atoms with E-state index in [2.05, 4.69) is 48.6 Å². The summed E-state index contributed by atoms with van der Waals surface area (Å²) in [6, 6.07) is 16.6. The SMILES string of the molecule is COc1ccc(C)cc1CN(C)C(=S)NCCc1ccccc1. The van der Waals surface area contributed by atoms with Crippen molar-refractivity contribution in [3.63, 3.8) is 0 Å². The largest absolute Gasteiger partial charge is 0.496 e. The fourth-order valence-corrected chi connectivity index (χ4v) is 2.62. The molecule has 0 bridgehead atoms. The van der Waals surface area contributed by atoms with E-state index in [1.807, 2.05) is 24.1 Å². The van der Waals surface area contributed by atoms with Crippen LogP contribution in [0.1, 0.15) is 16.7 Å². The molecule has 0 radical (unpaired) electrons. The fourth-order valence-electron chi connectivity index (χ4n) is 2.45. The van der Waals surface area contributed by atoms with Crippen LogP contribution in [-0.2, 0) is 13.0 Å². The summed E-state index contributed by atoms with van der Waals surface area (Å²) >= 11 is 5.48. The van der Waals surface area contributed by atoms with Crippen molar-refractivity contribution in [3.8, 4) is 5.75 Å². The van der Waals surface area contributed by atoms with Crippen molar-refractivity contribution in [2.24, 2.45) is 0 Å². The third-order valence-electron chi connectivity index (χ3n) is 3.72. The molecule has 3 nitrogen and oxygen atoms in total. The van der Waals surface area contributed by atoms with Gasteiger partial charge in [-0.05, 0) is 37.2 Å². The Morgan fingerprint density at radius 3 is 2.61 bits per heavy atom. The minimum Gasteiger partial charge on any atom is -0.496 e. The van der Waals surface area contributed by atoms with E-state index in [-0.39, 0.29) is 0 Å². The predicted molar refractivity (Wildman–Crippen MR) is 99.9 cm³/mol. The molecule has 0 aliphatic heterocycles. The van der Waals surface area contributed by atoms with Gasteiger partial charge in [-0.1, -0.05) is 48.0 Å². The normalized spacial score (nSPS) is 10.2. The molecule has 122 valence electrons. The Kier molecular flexibility index (Phi) is 6.41. The highest BCUT2D eigenvalue weighted by Crippen LogP contribution is 2.21. The van der Waals surface area contributed by atoms with Crippen molar-refractivity contribution in [1.82, 2.24) is 10.2 Å². The number of hydrogen-bond acceptors (Lipinski definition) is 2. The first-order valence-electron chi connectivity index (χ1n) is 7.76. The van der Waals surface area contributed by atoms with Crippen LogP contribution in [-0.4, -0.2) is 30.7 Å². The summed E-state index contributed by atoms with van der Waals surface area (Å²) in [5, 5.41) is 4.07. The van der Waals surface area contributed by atoms with Crippen molar-refractivity contribution in [2.75, 3.05) is 20.7 Å². The maximum Gasteiger partial charge on any atom is 0.168 e. The average Bonchev–Trinajstić information content (AvgIpc) is 2.56. The first-order valence-corrected chi connectivity index (χ1v) is 8.17. The Morgan fingerprint density at radius 2 is 1.91 bits per heavy atom. The molecule has 0 spiro atoms. The molecule has 0 heterocycles. The van der Waals surface area contributed by atoms with Crippen molar-refractivity contribution in [2.45, 2.75) is 19.9 Å². The smallest absolute Gasteiger partial charge is 0.168 e. The molecule has 0 saturated carbocycles. The number of benzene rings is 2. The summed E-state index contributed by atoms with van der Waals surface area (Å²) in [5.74, 6) is 0.898. The van der Waals surface area contributed by atoms with E-state index in [0.717, 1.165) is 35.9 Å². The van der Waals surface area contributed by atoms with Gasteiger partial charge < -0.3 is 15.0 Å². The van der Waals surface area contributed by atoms with E-state index in [1.54, 1.807) is 7.11 Å². The summed E-state index contributed by atoms with van der Waals surface area (Å²) in [6.45, 7) is 3.64. The summed E-state index contributed by atoms with van der Waals surface area (Å²) < 4.78 is 5.43. The quantitative estimate of drug-likeness (QED) is 0.820. The number of methoxy groups -OCH3 is 1. The van der Waals surface area contributed by atoms with Gasteiger partial charge in [0.05, 0.1) is 7.11 Å². The second-order valence-corrected chi connectivity index (χ2v) is 6.03. The van der Waals surface area contributed by atoms with E-state index < -0.39 is 0 Å². The average molecular weight is 328 g/mol. The zero-order valence-electron chi connectivity index (χ0n) is 14.0. The predicted octanol–water partition coefficient (Wildman–Crippen LogP) is 3.55. The molecule has 0 unspecified atom stereocenters. The topological polar surface area (TPSA) is 24.5 Å². The number of ether oxygens (including phenoxy) is 1. The summed E-state index contributed by atoms with van der Waals surface area (Å²) in [6.07, 6.45) is 0.961. The van der Waals surface area contributed by atoms with Crippen LogP contribution >= 0.6 is 12.2 Å². The third-order valence-corrected chi connectivity index (χ3v) is 4.18. The first kappa shape index (κ1) is 17.3. The minimum absolute atomic E-state index is 0.724. The monoisotopic (exact) mass is 328 g/mol. The van der Waals surface area contributed by atoms with Crippen LogP contribution in [0.15, 0.2) is 48.5 Å². The summed E-state index contributed by atoms with van der Waals surface area (Å²) in [4.78, 5) is 2.04.